The number of Topliss-reactive ketones (excluding diaryl/α,β-unsaturated/α-hetero) is 1. The van der Waals surface area contributed by atoms with E-state index in [1.807, 2.05) is 19.9 Å². The lowest BCUT2D eigenvalue weighted by atomic mass is 9.90. The van der Waals surface area contributed by atoms with Crippen molar-refractivity contribution in [3.8, 4) is 0 Å². The average Bonchev–Trinajstić information content (AvgIpc) is 2.72. The molecule has 0 fully saturated rings. The molecule has 0 heterocycles. The molecule has 1 rings (SSSR count). The Labute approximate surface area is 184 Å². The second-order valence-corrected chi connectivity index (χ2v) is 8.12. The summed E-state index contributed by atoms with van der Waals surface area (Å²) < 4.78 is 0. The molecule has 1 aromatic carbocycles. The molecule has 9 nitrogen and oxygen atoms in total. The number of unbranched alkanes of at least 4 members (excludes halogenated alkanes) is 1. The van der Waals surface area contributed by atoms with Gasteiger partial charge in [0.1, 0.15) is 0 Å². The first-order chi connectivity index (χ1) is 14.8. The Kier molecular flexibility index (Phi) is 12.6. The zero-order chi connectivity index (χ0) is 23.2. The van der Waals surface area contributed by atoms with Gasteiger partial charge in [0.15, 0.2) is 5.78 Å². The van der Waals surface area contributed by atoms with E-state index in [1.54, 1.807) is 18.2 Å². The summed E-state index contributed by atoms with van der Waals surface area (Å²) in [6.07, 6.45) is 2.60. The van der Waals surface area contributed by atoms with Gasteiger partial charge in [-0.1, -0.05) is 32.4 Å². The molecule has 0 aliphatic rings. The van der Waals surface area contributed by atoms with E-state index in [-0.39, 0.29) is 37.4 Å². The Balaban J connectivity index is 2.45. The molecule has 1 aromatic rings. The van der Waals surface area contributed by atoms with Gasteiger partial charge >= 0.3 is 0 Å². The van der Waals surface area contributed by atoms with Crippen molar-refractivity contribution in [3.63, 3.8) is 0 Å². The molecule has 0 spiro atoms. The highest BCUT2D eigenvalue weighted by Crippen LogP contribution is 2.16. The minimum Gasteiger partial charge on any atom is -0.369 e. The standard InChI is InChI=1S/C22H37N5O4/c1-15(2)10-19(27-14-23)20(28)12-17(21(24)29)7-3-4-9-26-22(30)18-8-5-6-16(11-18)13-31-25/h5-6,8,11,15,17,19,27H,3-4,7,9-10,12-14,23,25H2,1-2H3,(H2,24,29)(H,26,30)/t17-,19+/m1/s1. The molecule has 0 aromatic heterocycles. The van der Waals surface area contributed by atoms with E-state index in [0.29, 0.717) is 43.7 Å². The fourth-order valence-corrected chi connectivity index (χ4v) is 3.39. The van der Waals surface area contributed by atoms with Crippen LogP contribution < -0.4 is 28.0 Å². The lowest BCUT2D eigenvalue weighted by Crippen LogP contribution is -2.42. The van der Waals surface area contributed by atoms with Crippen LogP contribution in [0.25, 0.3) is 0 Å². The van der Waals surface area contributed by atoms with Crippen molar-refractivity contribution in [3.05, 3.63) is 35.4 Å². The van der Waals surface area contributed by atoms with Gasteiger partial charge in [0.2, 0.25) is 5.91 Å². The predicted octanol–water partition coefficient (Wildman–Crippen LogP) is 0.958. The quantitative estimate of drug-likeness (QED) is 0.147. The first-order valence-corrected chi connectivity index (χ1v) is 10.7. The summed E-state index contributed by atoms with van der Waals surface area (Å²) in [6, 6.07) is 6.66. The van der Waals surface area contributed by atoms with E-state index >= 15 is 0 Å². The van der Waals surface area contributed by atoms with Gasteiger partial charge in [0, 0.05) is 31.1 Å². The number of primary amides is 1. The number of ketones is 1. The number of nitrogens with one attached hydrogen (secondary N) is 2. The molecule has 8 N–H and O–H groups in total. The number of amides is 2. The van der Waals surface area contributed by atoms with Gasteiger partial charge < -0.3 is 16.8 Å². The molecule has 2 amide bonds. The molecule has 0 saturated carbocycles. The Morgan fingerprint density at radius 2 is 1.90 bits per heavy atom. The first kappa shape index (κ1) is 26.7. The van der Waals surface area contributed by atoms with E-state index in [9.17, 15) is 14.4 Å². The number of nitrogens with two attached hydrogens (primary N) is 3. The van der Waals surface area contributed by atoms with Crippen LogP contribution in [0.4, 0.5) is 0 Å². The van der Waals surface area contributed by atoms with E-state index in [2.05, 4.69) is 15.5 Å². The smallest absolute Gasteiger partial charge is 0.251 e. The number of hydrogen-bond donors (Lipinski definition) is 5. The lowest BCUT2D eigenvalue weighted by molar-refractivity contribution is -0.128. The number of carbonyl (C=O) groups is 3. The van der Waals surface area contributed by atoms with Crippen LogP contribution in [0.1, 0.15) is 61.9 Å². The molecule has 174 valence electrons. The normalized spacial score (nSPS) is 13.1. The van der Waals surface area contributed by atoms with Crippen LogP contribution in [0.15, 0.2) is 24.3 Å². The van der Waals surface area contributed by atoms with Gasteiger partial charge in [0.25, 0.3) is 5.91 Å². The molecule has 31 heavy (non-hydrogen) atoms. The largest absolute Gasteiger partial charge is 0.369 e. The van der Waals surface area contributed by atoms with Crippen LogP contribution in [0.5, 0.6) is 0 Å². The van der Waals surface area contributed by atoms with Crippen LogP contribution in [0.2, 0.25) is 0 Å². The Bertz CT molecular complexity index is 711. The molecule has 2 atom stereocenters. The summed E-state index contributed by atoms with van der Waals surface area (Å²) in [5.74, 6) is 4.16. The molecule has 0 saturated heterocycles. The first-order valence-electron chi connectivity index (χ1n) is 10.7. The lowest BCUT2D eigenvalue weighted by Gasteiger charge is -2.21. The second-order valence-electron chi connectivity index (χ2n) is 8.12. The third-order valence-corrected chi connectivity index (χ3v) is 5.01. The van der Waals surface area contributed by atoms with E-state index < -0.39 is 11.8 Å². The SMILES string of the molecule is CC(C)C[C@H](NCN)C(=O)C[C@@H](CCCCNC(=O)c1cccc(CON)c1)C(N)=O. The van der Waals surface area contributed by atoms with Crippen LogP contribution >= 0.6 is 0 Å². The highest BCUT2D eigenvalue weighted by Gasteiger charge is 2.25. The fourth-order valence-electron chi connectivity index (χ4n) is 3.39. The zero-order valence-corrected chi connectivity index (χ0v) is 18.6. The van der Waals surface area contributed by atoms with Crippen LogP contribution in [-0.4, -0.2) is 36.9 Å². The summed E-state index contributed by atoms with van der Waals surface area (Å²) >= 11 is 0. The molecule has 0 unspecified atom stereocenters. The maximum Gasteiger partial charge on any atom is 0.251 e. The average molecular weight is 436 g/mol. The van der Waals surface area contributed by atoms with E-state index in [1.165, 1.54) is 0 Å². The van der Waals surface area contributed by atoms with Gasteiger partial charge in [-0.05, 0) is 42.9 Å². The summed E-state index contributed by atoms with van der Waals surface area (Å²) in [7, 11) is 0. The third-order valence-electron chi connectivity index (χ3n) is 5.01. The van der Waals surface area contributed by atoms with Crippen molar-refractivity contribution >= 4 is 17.6 Å². The molecule has 0 radical (unpaired) electrons. The second kappa shape index (κ2) is 14.6. The molecule has 9 heteroatoms. The highest BCUT2D eigenvalue weighted by molar-refractivity contribution is 5.94. The molecular weight excluding hydrogens is 398 g/mol. The van der Waals surface area contributed by atoms with Gasteiger partial charge in [-0.3, -0.25) is 24.5 Å². The predicted molar refractivity (Wildman–Crippen MR) is 119 cm³/mol. The maximum absolute atomic E-state index is 12.6. The van der Waals surface area contributed by atoms with E-state index in [0.717, 1.165) is 5.56 Å². The van der Waals surface area contributed by atoms with E-state index in [4.69, 9.17) is 17.4 Å². The summed E-state index contributed by atoms with van der Waals surface area (Å²) in [5, 5.41) is 5.84. The van der Waals surface area contributed by atoms with Crippen molar-refractivity contribution < 1.29 is 19.2 Å². The molecule has 0 bridgehead atoms. The van der Waals surface area contributed by atoms with Crippen LogP contribution in [0, 0.1) is 11.8 Å². The van der Waals surface area contributed by atoms with Crippen molar-refractivity contribution in [2.24, 2.45) is 29.2 Å². The number of carbonyl (C=O) groups excluding carboxylic acids is 3. The van der Waals surface area contributed by atoms with Crippen molar-refractivity contribution in [1.29, 1.82) is 0 Å². The van der Waals surface area contributed by atoms with Gasteiger partial charge in [0.05, 0.1) is 12.6 Å². The molecular formula is C22H37N5O4. The Morgan fingerprint density at radius 3 is 2.52 bits per heavy atom. The van der Waals surface area contributed by atoms with Gasteiger partial charge in [-0.25, -0.2) is 5.90 Å². The summed E-state index contributed by atoms with van der Waals surface area (Å²) in [5.41, 5.74) is 12.4. The Hall–Kier alpha value is -2.33. The Morgan fingerprint density at radius 1 is 1.16 bits per heavy atom. The van der Waals surface area contributed by atoms with Gasteiger partial charge in [-0.15, -0.1) is 0 Å². The zero-order valence-electron chi connectivity index (χ0n) is 18.6. The summed E-state index contributed by atoms with van der Waals surface area (Å²) in [4.78, 5) is 41.3. The fraction of sp³-hybridized carbons (Fsp3) is 0.591. The van der Waals surface area contributed by atoms with Crippen molar-refractivity contribution in [2.45, 2.75) is 58.6 Å². The number of hydrogen-bond acceptors (Lipinski definition) is 7. The highest BCUT2D eigenvalue weighted by atomic mass is 16.6. The number of rotatable bonds is 16. The molecule has 0 aliphatic heterocycles. The summed E-state index contributed by atoms with van der Waals surface area (Å²) in [6.45, 7) is 4.95. The minimum absolute atomic E-state index is 0.0439. The van der Waals surface area contributed by atoms with Crippen LogP contribution in [-0.2, 0) is 21.0 Å². The van der Waals surface area contributed by atoms with Gasteiger partial charge in [-0.2, -0.15) is 0 Å². The van der Waals surface area contributed by atoms with Crippen LogP contribution in [0.3, 0.4) is 0 Å². The topological polar surface area (TPSA) is 163 Å². The van der Waals surface area contributed by atoms with Crippen molar-refractivity contribution in [2.75, 3.05) is 13.2 Å². The minimum atomic E-state index is -0.523. The molecule has 0 aliphatic carbocycles. The number of benzene rings is 1. The monoisotopic (exact) mass is 435 g/mol. The maximum atomic E-state index is 12.6. The third kappa shape index (κ3) is 10.5. The van der Waals surface area contributed by atoms with Crippen molar-refractivity contribution in [1.82, 2.24) is 10.6 Å².